The second-order valence-electron chi connectivity index (χ2n) is 7.02. The molecule has 0 amide bonds. The average molecular weight is 448 g/mol. The number of aromatic nitrogens is 1. The molecular formula is C21H22FN3O3S2. The van der Waals surface area contributed by atoms with E-state index in [1.165, 1.54) is 27.8 Å². The van der Waals surface area contributed by atoms with Crippen molar-refractivity contribution in [2.75, 3.05) is 38.2 Å². The minimum absolute atomic E-state index is 0.0312. The Morgan fingerprint density at radius 1 is 1.10 bits per heavy atom. The van der Waals surface area contributed by atoms with Crippen LogP contribution in [0.4, 0.5) is 9.52 Å². The second kappa shape index (κ2) is 8.33. The molecule has 3 aromatic rings. The Bertz CT molecular complexity index is 1160. The molecule has 2 aromatic carbocycles. The van der Waals surface area contributed by atoms with Crippen LogP contribution in [0.3, 0.4) is 0 Å². The summed E-state index contributed by atoms with van der Waals surface area (Å²) in [6.07, 6.45) is 0. The van der Waals surface area contributed by atoms with Crippen molar-refractivity contribution < 1.29 is 17.5 Å². The van der Waals surface area contributed by atoms with E-state index in [1.54, 1.807) is 14.0 Å². The predicted molar refractivity (Wildman–Crippen MR) is 116 cm³/mol. The number of para-hydroxylation sites is 1. The van der Waals surface area contributed by atoms with Gasteiger partial charge in [0.25, 0.3) is 0 Å². The average Bonchev–Trinajstić information content (AvgIpc) is 3.25. The Labute approximate surface area is 179 Å². The van der Waals surface area contributed by atoms with Gasteiger partial charge in [-0.3, -0.25) is 0 Å². The highest BCUT2D eigenvalue weighted by molar-refractivity contribution is 7.89. The summed E-state index contributed by atoms with van der Waals surface area (Å²) in [4.78, 5) is 6.84. The van der Waals surface area contributed by atoms with Gasteiger partial charge in [0.1, 0.15) is 11.6 Å². The molecule has 0 atom stereocenters. The van der Waals surface area contributed by atoms with Gasteiger partial charge >= 0.3 is 0 Å². The number of sulfonamides is 1. The van der Waals surface area contributed by atoms with Crippen LogP contribution in [0, 0.1) is 12.7 Å². The first-order valence-corrected chi connectivity index (χ1v) is 11.8. The Morgan fingerprint density at radius 3 is 2.57 bits per heavy atom. The van der Waals surface area contributed by atoms with E-state index in [0.717, 1.165) is 28.2 Å². The molecule has 0 radical (unpaired) electrons. The molecule has 0 aliphatic carbocycles. The standard InChI is InChI=1S/C21H22FN3O3S2/c1-15-7-8-16(22)13-20(15)30(26,27)25-11-9-24(10-12-25)21-23-18(14-29-21)17-5-3-4-6-19(17)28-2/h3-8,13-14H,9-12H2,1-2H3. The fourth-order valence-electron chi connectivity index (χ4n) is 3.50. The fraction of sp³-hybridized carbons (Fsp3) is 0.286. The molecule has 1 saturated heterocycles. The van der Waals surface area contributed by atoms with Gasteiger partial charge in [-0.15, -0.1) is 11.3 Å². The first kappa shape index (κ1) is 20.8. The van der Waals surface area contributed by atoms with E-state index in [2.05, 4.69) is 4.90 Å². The summed E-state index contributed by atoms with van der Waals surface area (Å²) >= 11 is 1.52. The number of hydrogen-bond donors (Lipinski definition) is 0. The number of ether oxygens (including phenoxy) is 1. The molecular weight excluding hydrogens is 425 g/mol. The van der Waals surface area contributed by atoms with E-state index in [4.69, 9.17) is 9.72 Å². The SMILES string of the molecule is COc1ccccc1-c1csc(N2CCN(S(=O)(=O)c3cc(F)ccc3C)CC2)n1. The third-order valence-corrected chi connectivity index (χ3v) is 8.09. The first-order chi connectivity index (χ1) is 14.4. The van der Waals surface area contributed by atoms with Crippen LogP contribution in [-0.4, -0.2) is 51.0 Å². The number of benzene rings is 2. The third-order valence-electron chi connectivity index (χ3n) is 5.15. The lowest BCUT2D eigenvalue weighted by molar-refractivity contribution is 0.384. The maximum Gasteiger partial charge on any atom is 0.243 e. The number of nitrogens with zero attached hydrogens (tertiary/aromatic N) is 3. The van der Waals surface area contributed by atoms with Crippen molar-refractivity contribution in [2.45, 2.75) is 11.8 Å². The van der Waals surface area contributed by atoms with Gasteiger partial charge < -0.3 is 9.64 Å². The van der Waals surface area contributed by atoms with Crippen molar-refractivity contribution in [3.8, 4) is 17.0 Å². The summed E-state index contributed by atoms with van der Waals surface area (Å²) in [5.41, 5.74) is 2.29. The lowest BCUT2D eigenvalue weighted by atomic mass is 10.1. The smallest absolute Gasteiger partial charge is 0.243 e. The maximum atomic E-state index is 13.6. The summed E-state index contributed by atoms with van der Waals surface area (Å²) in [5.74, 6) is 0.209. The molecule has 0 saturated carbocycles. The Morgan fingerprint density at radius 2 is 1.83 bits per heavy atom. The van der Waals surface area contributed by atoms with Crippen LogP contribution in [0.25, 0.3) is 11.3 Å². The molecule has 4 rings (SSSR count). The maximum absolute atomic E-state index is 13.6. The largest absolute Gasteiger partial charge is 0.496 e. The van der Waals surface area contributed by atoms with Crippen LogP contribution in [0.2, 0.25) is 0 Å². The zero-order valence-electron chi connectivity index (χ0n) is 16.7. The number of aryl methyl sites for hydroxylation is 1. The van der Waals surface area contributed by atoms with E-state index in [9.17, 15) is 12.8 Å². The molecule has 1 aliphatic heterocycles. The number of methoxy groups -OCH3 is 1. The van der Waals surface area contributed by atoms with Gasteiger partial charge in [-0.25, -0.2) is 17.8 Å². The highest BCUT2D eigenvalue weighted by atomic mass is 32.2. The lowest BCUT2D eigenvalue weighted by Crippen LogP contribution is -2.48. The zero-order chi connectivity index (χ0) is 21.3. The van der Waals surface area contributed by atoms with Crippen molar-refractivity contribution in [3.05, 3.63) is 59.2 Å². The molecule has 0 bridgehead atoms. The highest BCUT2D eigenvalue weighted by Crippen LogP contribution is 2.33. The number of thiazole rings is 1. The van der Waals surface area contributed by atoms with E-state index >= 15 is 0 Å². The van der Waals surface area contributed by atoms with Gasteiger partial charge in [0.2, 0.25) is 10.0 Å². The number of hydrogen-bond acceptors (Lipinski definition) is 6. The minimum atomic E-state index is -3.73. The Hall–Kier alpha value is -2.49. The van der Waals surface area contributed by atoms with Gasteiger partial charge in [0.05, 0.1) is 17.7 Å². The quantitative estimate of drug-likeness (QED) is 0.596. The third kappa shape index (κ3) is 3.92. The minimum Gasteiger partial charge on any atom is -0.496 e. The van der Waals surface area contributed by atoms with Crippen molar-refractivity contribution in [1.82, 2.24) is 9.29 Å². The summed E-state index contributed by atoms with van der Waals surface area (Å²) < 4.78 is 46.4. The number of rotatable bonds is 5. The van der Waals surface area contributed by atoms with E-state index < -0.39 is 15.8 Å². The van der Waals surface area contributed by atoms with E-state index in [-0.39, 0.29) is 4.90 Å². The van der Waals surface area contributed by atoms with Crippen molar-refractivity contribution in [1.29, 1.82) is 0 Å². The van der Waals surface area contributed by atoms with Gasteiger partial charge in [0, 0.05) is 37.1 Å². The summed E-state index contributed by atoms with van der Waals surface area (Å²) in [7, 11) is -2.10. The highest BCUT2D eigenvalue weighted by Gasteiger charge is 2.30. The van der Waals surface area contributed by atoms with Crippen LogP contribution < -0.4 is 9.64 Å². The van der Waals surface area contributed by atoms with Crippen LogP contribution in [0.15, 0.2) is 52.7 Å². The molecule has 6 nitrogen and oxygen atoms in total. The second-order valence-corrected chi connectivity index (χ2v) is 9.76. The molecule has 1 fully saturated rings. The normalized spacial score (nSPS) is 15.4. The fourth-order valence-corrected chi connectivity index (χ4v) is 6.04. The van der Waals surface area contributed by atoms with Gasteiger partial charge in [-0.05, 0) is 36.8 Å². The summed E-state index contributed by atoms with van der Waals surface area (Å²) in [6.45, 7) is 3.36. The van der Waals surface area contributed by atoms with Crippen molar-refractivity contribution >= 4 is 26.5 Å². The molecule has 30 heavy (non-hydrogen) atoms. The van der Waals surface area contributed by atoms with Crippen LogP contribution in [0.5, 0.6) is 5.75 Å². The predicted octanol–water partition coefficient (Wildman–Crippen LogP) is 3.78. The molecule has 0 spiro atoms. The van der Waals surface area contributed by atoms with Crippen LogP contribution in [0.1, 0.15) is 5.56 Å². The molecule has 2 heterocycles. The molecule has 0 N–H and O–H groups in total. The van der Waals surface area contributed by atoms with E-state index in [0.29, 0.717) is 31.7 Å². The van der Waals surface area contributed by atoms with Crippen LogP contribution in [-0.2, 0) is 10.0 Å². The molecule has 9 heteroatoms. The number of piperazine rings is 1. The lowest BCUT2D eigenvalue weighted by Gasteiger charge is -2.34. The Kier molecular flexibility index (Phi) is 5.77. The topological polar surface area (TPSA) is 62.7 Å². The summed E-state index contributed by atoms with van der Waals surface area (Å²) in [5, 5.41) is 2.82. The van der Waals surface area contributed by atoms with Gasteiger partial charge in [0.15, 0.2) is 5.13 Å². The first-order valence-electron chi connectivity index (χ1n) is 9.50. The van der Waals surface area contributed by atoms with Gasteiger partial charge in [-0.2, -0.15) is 4.31 Å². The zero-order valence-corrected chi connectivity index (χ0v) is 18.3. The van der Waals surface area contributed by atoms with Crippen molar-refractivity contribution in [2.24, 2.45) is 0 Å². The van der Waals surface area contributed by atoms with E-state index in [1.807, 2.05) is 29.6 Å². The molecule has 0 unspecified atom stereocenters. The number of halogens is 1. The Balaban J connectivity index is 1.49. The monoisotopic (exact) mass is 447 g/mol. The van der Waals surface area contributed by atoms with Gasteiger partial charge in [-0.1, -0.05) is 18.2 Å². The van der Waals surface area contributed by atoms with Crippen molar-refractivity contribution in [3.63, 3.8) is 0 Å². The summed E-state index contributed by atoms with van der Waals surface area (Å²) in [6, 6.07) is 11.6. The molecule has 1 aromatic heterocycles. The number of anilines is 1. The molecule has 158 valence electrons. The van der Waals surface area contributed by atoms with Crippen LogP contribution >= 0.6 is 11.3 Å². The molecule has 1 aliphatic rings.